The van der Waals surface area contributed by atoms with Crippen molar-refractivity contribution in [3.8, 4) is 0 Å². The van der Waals surface area contributed by atoms with Gasteiger partial charge in [-0.25, -0.2) is 0 Å². The zero-order chi connectivity index (χ0) is 10.1. The van der Waals surface area contributed by atoms with Gasteiger partial charge in [0.05, 0.1) is 0 Å². The van der Waals surface area contributed by atoms with E-state index in [1.54, 1.807) is 7.11 Å². The summed E-state index contributed by atoms with van der Waals surface area (Å²) >= 11 is 2.02. The molecule has 1 N–H and O–H groups in total. The van der Waals surface area contributed by atoms with E-state index in [0.29, 0.717) is 5.25 Å². The molecule has 80 valence electrons. The zero-order valence-corrected chi connectivity index (χ0v) is 10.1. The number of ether oxygens (including phenoxy) is 1. The van der Waals surface area contributed by atoms with Crippen molar-refractivity contribution in [2.45, 2.75) is 37.7 Å². The number of thioether (sulfide) groups is 1. The van der Waals surface area contributed by atoms with E-state index in [-0.39, 0.29) is 0 Å². The first-order valence-corrected chi connectivity index (χ1v) is 5.96. The fourth-order valence-corrected chi connectivity index (χ4v) is 2.30. The second kappa shape index (κ2) is 8.85. The van der Waals surface area contributed by atoms with Crippen LogP contribution in [-0.4, -0.2) is 37.3 Å². The SMILES string of the molecule is COCCCNCC(C)SC(C)C. The van der Waals surface area contributed by atoms with Gasteiger partial charge in [0.1, 0.15) is 0 Å². The second-order valence-corrected chi connectivity index (χ2v) is 5.57. The summed E-state index contributed by atoms with van der Waals surface area (Å²) in [5, 5.41) is 4.87. The van der Waals surface area contributed by atoms with Crippen molar-refractivity contribution in [2.24, 2.45) is 0 Å². The van der Waals surface area contributed by atoms with Crippen LogP contribution in [0.3, 0.4) is 0 Å². The van der Waals surface area contributed by atoms with Crippen molar-refractivity contribution in [1.82, 2.24) is 5.32 Å². The van der Waals surface area contributed by atoms with Crippen molar-refractivity contribution in [2.75, 3.05) is 26.8 Å². The lowest BCUT2D eigenvalue weighted by Crippen LogP contribution is -2.25. The highest BCUT2D eigenvalue weighted by atomic mass is 32.2. The largest absolute Gasteiger partial charge is 0.385 e. The normalized spacial score (nSPS) is 13.6. The van der Waals surface area contributed by atoms with Crippen molar-refractivity contribution in [3.05, 3.63) is 0 Å². The van der Waals surface area contributed by atoms with Crippen molar-refractivity contribution >= 4 is 11.8 Å². The number of nitrogens with one attached hydrogen (secondary N) is 1. The number of rotatable bonds is 8. The smallest absolute Gasteiger partial charge is 0.0474 e. The quantitative estimate of drug-likeness (QED) is 0.614. The summed E-state index contributed by atoms with van der Waals surface area (Å²) in [6.45, 7) is 9.79. The third-order valence-corrected chi connectivity index (χ3v) is 2.81. The van der Waals surface area contributed by atoms with Crippen molar-refractivity contribution in [1.29, 1.82) is 0 Å². The van der Waals surface area contributed by atoms with Crippen LogP contribution >= 0.6 is 11.8 Å². The predicted molar refractivity (Wildman–Crippen MR) is 61.6 cm³/mol. The topological polar surface area (TPSA) is 21.3 Å². The van der Waals surface area contributed by atoms with E-state index in [2.05, 4.69) is 26.1 Å². The van der Waals surface area contributed by atoms with E-state index >= 15 is 0 Å². The summed E-state index contributed by atoms with van der Waals surface area (Å²) in [5.41, 5.74) is 0. The summed E-state index contributed by atoms with van der Waals surface area (Å²) < 4.78 is 4.97. The van der Waals surface area contributed by atoms with Crippen LogP contribution < -0.4 is 5.32 Å². The molecule has 0 saturated heterocycles. The van der Waals surface area contributed by atoms with Crippen molar-refractivity contribution < 1.29 is 4.74 Å². The second-order valence-electron chi connectivity index (χ2n) is 3.55. The minimum atomic E-state index is 0.711. The molecule has 0 aliphatic heterocycles. The van der Waals surface area contributed by atoms with Gasteiger partial charge in [0, 0.05) is 25.5 Å². The summed E-state index contributed by atoms with van der Waals surface area (Å²) in [5.74, 6) is 0. The Morgan fingerprint density at radius 2 is 2.00 bits per heavy atom. The molecule has 0 aromatic rings. The first-order valence-electron chi connectivity index (χ1n) is 5.02. The summed E-state index contributed by atoms with van der Waals surface area (Å²) in [7, 11) is 1.75. The molecule has 0 saturated carbocycles. The Morgan fingerprint density at radius 1 is 1.31 bits per heavy atom. The van der Waals surface area contributed by atoms with Gasteiger partial charge in [-0.15, -0.1) is 0 Å². The maximum absolute atomic E-state index is 4.97. The van der Waals surface area contributed by atoms with E-state index in [4.69, 9.17) is 4.74 Å². The summed E-state index contributed by atoms with van der Waals surface area (Å²) in [6.07, 6.45) is 1.11. The molecule has 0 rings (SSSR count). The van der Waals surface area contributed by atoms with Gasteiger partial charge in [0.25, 0.3) is 0 Å². The van der Waals surface area contributed by atoms with Gasteiger partial charge in [0.2, 0.25) is 0 Å². The van der Waals surface area contributed by atoms with Crippen LogP contribution in [0.2, 0.25) is 0 Å². The van der Waals surface area contributed by atoms with Crippen molar-refractivity contribution in [3.63, 3.8) is 0 Å². The molecule has 0 fully saturated rings. The molecular formula is C10H23NOS. The number of hydrogen-bond acceptors (Lipinski definition) is 3. The molecule has 0 spiro atoms. The molecular weight excluding hydrogens is 182 g/mol. The van der Waals surface area contributed by atoms with Crippen LogP contribution in [0.5, 0.6) is 0 Å². The van der Waals surface area contributed by atoms with Crippen LogP contribution in [0.4, 0.5) is 0 Å². The third-order valence-electron chi connectivity index (χ3n) is 1.64. The molecule has 0 radical (unpaired) electrons. The Hall–Kier alpha value is 0.270. The average molecular weight is 205 g/mol. The van der Waals surface area contributed by atoms with E-state index in [1.807, 2.05) is 11.8 Å². The van der Waals surface area contributed by atoms with Crippen LogP contribution in [0.1, 0.15) is 27.2 Å². The molecule has 0 aromatic carbocycles. The van der Waals surface area contributed by atoms with Crippen LogP contribution in [-0.2, 0) is 4.74 Å². The van der Waals surface area contributed by atoms with E-state index in [0.717, 1.165) is 31.4 Å². The highest BCUT2D eigenvalue weighted by Crippen LogP contribution is 2.15. The fourth-order valence-electron chi connectivity index (χ4n) is 1.16. The van der Waals surface area contributed by atoms with Crippen LogP contribution in [0.25, 0.3) is 0 Å². The van der Waals surface area contributed by atoms with E-state index < -0.39 is 0 Å². The Labute approximate surface area is 86.8 Å². The molecule has 3 heteroatoms. The van der Waals surface area contributed by atoms with E-state index in [1.165, 1.54) is 0 Å². The zero-order valence-electron chi connectivity index (χ0n) is 9.30. The molecule has 0 amide bonds. The average Bonchev–Trinajstić information content (AvgIpc) is 2.02. The van der Waals surface area contributed by atoms with Crippen LogP contribution in [0.15, 0.2) is 0 Å². The minimum Gasteiger partial charge on any atom is -0.385 e. The molecule has 13 heavy (non-hydrogen) atoms. The molecule has 0 heterocycles. The van der Waals surface area contributed by atoms with Gasteiger partial charge in [-0.3, -0.25) is 0 Å². The monoisotopic (exact) mass is 205 g/mol. The molecule has 0 aromatic heterocycles. The van der Waals surface area contributed by atoms with E-state index in [9.17, 15) is 0 Å². The molecule has 0 bridgehead atoms. The predicted octanol–water partition coefficient (Wildman–Crippen LogP) is 2.14. The number of methoxy groups -OCH3 is 1. The maximum atomic E-state index is 4.97. The van der Waals surface area contributed by atoms with Crippen LogP contribution in [0, 0.1) is 0 Å². The lowest BCUT2D eigenvalue weighted by molar-refractivity contribution is 0.194. The standard InChI is InChI=1S/C10H23NOS/c1-9(2)13-10(3)8-11-6-5-7-12-4/h9-11H,5-8H2,1-4H3. The number of hydrogen-bond donors (Lipinski definition) is 1. The Kier molecular flexibility index (Phi) is 9.03. The van der Waals surface area contributed by atoms with Gasteiger partial charge in [-0.1, -0.05) is 20.8 Å². The Bertz CT molecular complexity index is 109. The third kappa shape index (κ3) is 10.2. The summed E-state index contributed by atoms with van der Waals surface area (Å²) in [6, 6.07) is 0. The van der Waals surface area contributed by atoms with Gasteiger partial charge in [-0.2, -0.15) is 11.8 Å². The highest BCUT2D eigenvalue weighted by molar-refractivity contribution is 8.00. The van der Waals surface area contributed by atoms with Gasteiger partial charge >= 0.3 is 0 Å². The summed E-state index contributed by atoms with van der Waals surface area (Å²) in [4.78, 5) is 0. The highest BCUT2D eigenvalue weighted by Gasteiger charge is 2.03. The molecule has 2 nitrogen and oxygen atoms in total. The van der Waals surface area contributed by atoms with Gasteiger partial charge in [-0.05, 0) is 18.2 Å². The lowest BCUT2D eigenvalue weighted by atomic mass is 10.4. The maximum Gasteiger partial charge on any atom is 0.0474 e. The lowest BCUT2D eigenvalue weighted by Gasteiger charge is -2.14. The Morgan fingerprint density at radius 3 is 2.54 bits per heavy atom. The first-order chi connectivity index (χ1) is 6.16. The Balaban J connectivity index is 3.12. The molecule has 1 unspecified atom stereocenters. The minimum absolute atomic E-state index is 0.711. The fraction of sp³-hybridized carbons (Fsp3) is 1.00. The van der Waals surface area contributed by atoms with Gasteiger partial charge in [0.15, 0.2) is 0 Å². The van der Waals surface area contributed by atoms with Gasteiger partial charge < -0.3 is 10.1 Å². The molecule has 1 atom stereocenters. The molecule has 0 aliphatic carbocycles. The first kappa shape index (κ1) is 13.3. The molecule has 0 aliphatic rings.